The molecule has 13 heavy (non-hydrogen) atoms. The monoisotopic (exact) mass is 226 g/mol. The van der Waals surface area contributed by atoms with Gasteiger partial charge in [0, 0.05) is 0 Å². The van der Waals surface area contributed by atoms with E-state index in [-0.39, 0.29) is 10.7 Å². The van der Waals surface area contributed by atoms with Crippen LogP contribution in [-0.2, 0) is 13.6 Å². The van der Waals surface area contributed by atoms with Crippen LogP contribution < -0.4 is 5.73 Å². The number of hydrogen-bond donors (Lipinski definition) is 2. The van der Waals surface area contributed by atoms with Gasteiger partial charge in [-0.15, -0.1) is 0 Å². The number of nitrogens with two attached hydrogens (primary N) is 1. The third-order valence-electron chi connectivity index (χ3n) is 1.03. The maximum atomic E-state index is 11.7. The Kier molecular flexibility index (Phi) is 6.41. The van der Waals surface area contributed by atoms with Gasteiger partial charge < -0.3 is 14.8 Å². The molecule has 78 valence electrons. The number of nitrogens with one attached hydrogen (secondary N) is 1. The van der Waals surface area contributed by atoms with E-state index < -0.39 is 7.60 Å². The molecular formula is C6H15N2O3PS. The van der Waals surface area contributed by atoms with Crippen LogP contribution in [0.3, 0.4) is 0 Å². The lowest BCUT2D eigenvalue weighted by atomic mass is 10.9. The summed E-state index contributed by atoms with van der Waals surface area (Å²) in [5, 5.41) is 6.86. The molecule has 0 bridgehead atoms. The lowest BCUT2D eigenvalue weighted by Crippen LogP contribution is -2.06. The molecule has 0 amide bonds. The predicted molar refractivity (Wildman–Crippen MR) is 55.2 cm³/mol. The largest absolute Gasteiger partial charge is 0.379 e. The average molecular weight is 226 g/mol. The molecule has 0 aliphatic rings. The molecule has 0 spiro atoms. The molecule has 0 atom stereocenters. The van der Waals surface area contributed by atoms with Crippen LogP contribution in [0.15, 0.2) is 0 Å². The lowest BCUT2D eigenvalue weighted by molar-refractivity contribution is 0.224. The van der Waals surface area contributed by atoms with E-state index in [0.29, 0.717) is 13.2 Å². The van der Waals surface area contributed by atoms with E-state index in [9.17, 15) is 4.57 Å². The SMILES string of the molecule is CCOP(=O)(CSC(=N)N)OCC. The first-order chi connectivity index (χ1) is 6.04. The third-order valence-corrected chi connectivity index (χ3v) is 4.43. The Labute approximate surface area is 82.4 Å². The van der Waals surface area contributed by atoms with Gasteiger partial charge in [0.1, 0.15) is 5.49 Å². The minimum Gasteiger partial charge on any atom is -0.379 e. The van der Waals surface area contributed by atoms with Crippen LogP contribution in [0.4, 0.5) is 0 Å². The molecular weight excluding hydrogens is 211 g/mol. The van der Waals surface area contributed by atoms with Crippen molar-refractivity contribution >= 4 is 24.5 Å². The first kappa shape index (κ1) is 13.0. The number of hydrogen-bond acceptors (Lipinski definition) is 5. The Bertz CT molecular complexity index is 202. The molecule has 0 aliphatic carbocycles. The summed E-state index contributed by atoms with van der Waals surface area (Å²) in [5.41, 5.74) is 5.21. The second-order valence-corrected chi connectivity index (χ2v) is 5.58. The van der Waals surface area contributed by atoms with E-state index in [4.69, 9.17) is 20.2 Å². The molecule has 0 radical (unpaired) electrons. The van der Waals surface area contributed by atoms with Crippen LogP contribution in [0.5, 0.6) is 0 Å². The summed E-state index contributed by atoms with van der Waals surface area (Å²) in [7, 11) is -3.03. The molecule has 0 fully saturated rings. The smallest absolute Gasteiger partial charge is 0.340 e. The fourth-order valence-electron chi connectivity index (χ4n) is 0.654. The van der Waals surface area contributed by atoms with Crippen molar-refractivity contribution in [3.05, 3.63) is 0 Å². The standard InChI is InChI=1S/C6H15N2O3PS/c1-3-10-12(9,11-4-2)5-13-6(7)8/h3-5H2,1-2H3,(H3,7,8). The Hall–Kier alpha value is -0.0300. The van der Waals surface area contributed by atoms with Crippen LogP contribution in [0.2, 0.25) is 0 Å². The van der Waals surface area contributed by atoms with Crippen LogP contribution in [0.25, 0.3) is 0 Å². The van der Waals surface area contributed by atoms with Gasteiger partial charge in [0.25, 0.3) is 0 Å². The molecule has 0 aromatic rings. The summed E-state index contributed by atoms with van der Waals surface area (Å²) in [5.74, 6) is 0. The van der Waals surface area contributed by atoms with Crippen molar-refractivity contribution in [2.45, 2.75) is 13.8 Å². The van der Waals surface area contributed by atoms with Crippen molar-refractivity contribution in [2.24, 2.45) is 5.73 Å². The Morgan fingerprint density at radius 3 is 2.23 bits per heavy atom. The molecule has 0 saturated heterocycles. The van der Waals surface area contributed by atoms with Gasteiger partial charge in [0.05, 0.1) is 13.2 Å². The molecule has 7 heteroatoms. The maximum absolute atomic E-state index is 11.7. The molecule has 0 unspecified atom stereocenters. The Morgan fingerprint density at radius 2 is 1.92 bits per heavy atom. The van der Waals surface area contributed by atoms with Crippen LogP contribution in [-0.4, -0.2) is 23.9 Å². The summed E-state index contributed by atoms with van der Waals surface area (Å²) >= 11 is 0.966. The average Bonchev–Trinajstić information content (AvgIpc) is 2.02. The molecule has 5 nitrogen and oxygen atoms in total. The first-order valence-electron chi connectivity index (χ1n) is 3.89. The maximum Gasteiger partial charge on any atom is 0.340 e. The van der Waals surface area contributed by atoms with Gasteiger partial charge in [-0.25, -0.2) is 0 Å². The molecule has 0 aliphatic heterocycles. The summed E-state index contributed by atoms with van der Waals surface area (Å²) in [6, 6.07) is 0. The number of amidine groups is 1. The topological polar surface area (TPSA) is 85.4 Å². The van der Waals surface area contributed by atoms with E-state index >= 15 is 0 Å². The van der Waals surface area contributed by atoms with E-state index in [0.717, 1.165) is 11.8 Å². The molecule has 0 saturated carbocycles. The quantitative estimate of drug-likeness (QED) is 0.410. The highest BCUT2D eigenvalue weighted by Gasteiger charge is 2.23. The van der Waals surface area contributed by atoms with Gasteiger partial charge in [-0.3, -0.25) is 9.97 Å². The van der Waals surface area contributed by atoms with E-state index in [1.807, 2.05) is 0 Å². The van der Waals surface area contributed by atoms with Crippen LogP contribution >= 0.6 is 19.4 Å². The van der Waals surface area contributed by atoms with Gasteiger partial charge in [-0.2, -0.15) is 0 Å². The third kappa shape index (κ3) is 6.10. The van der Waals surface area contributed by atoms with Crippen molar-refractivity contribution in [3.63, 3.8) is 0 Å². The van der Waals surface area contributed by atoms with Gasteiger partial charge in [0.15, 0.2) is 5.17 Å². The van der Waals surface area contributed by atoms with Gasteiger partial charge in [-0.05, 0) is 13.8 Å². The van der Waals surface area contributed by atoms with E-state index in [1.165, 1.54) is 0 Å². The van der Waals surface area contributed by atoms with Gasteiger partial charge in [-0.1, -0.05) is 11.8 Å². The van der Waals surface area contributed by atoms with Crippen molar-refractivity contribution in [2.75, 3.05) is 18.7 Å². The van der Waals surface area contributed by atoms with Crippen molar-refractivity contribution in [3.8, 4) is 0 Å². The lowest BCUT2D eigenvalue weighted by Gasteiger charge is -2.15. The molecule has 0 aromatic heterocycles. The fraction of sp³-hybridized carbons (Fsp3) is 0.833. The van der Waals surface area contributed by atoms with Crippen molar-refractivity contribution in [1.29, 1.82) is 5.41 Å². The second kappa shape index (κ2) is 6.43. The summed E-state index contributed by atoms with van der Waals surface area (Å²) in [4.78, 5) is 0. The minimum atomic E-state index is -3.03. The van der Waals surface area contributed by atoms with Crippen molar-refractivity contribution in [1.82, 2.24) is 0 Å². The summed E-state index contributed by atoms with van der Waals surface area (Å²) < 4.78 is 21.7. The zero-order valence-corrected chi connectivity index (χ0v) is 9.49. The fourth-order valence-corrected chi connectivity index (χ4v) is 3.30. The highest BCUT2D eigenvalue weighted by Crippen LogP contribution is 2.50. The number of rotatable bonds is 6. The zero-order chi connectivity index (χ0) is 10.3. The van der Waals surface area contributed by atoms with E-state index in [1.54, 1.807) is 13.8 Å². The highest BCUT2D eigenvalue weighted by molar-refractivity contribution is 8.17. The van der Waals surface area contributed by atoms with Crippen LogP contribution in [0.1, 0.15) is 13.8 Å². The Morgan fingerprint density at radius 1 is 1.46 bits per heavy atom. The van der Waals surface area contributed by atoms with Crippen LogP contribution in [0, 0.1) is 5.41 Å². The normalized spacial score (nSPS) is 11.5. The van der Waals surface area contributed by atoms with Gasteiger partial charge >= 0.3 is 7.60 Å². The highest BCUT2D eigenvalue weighted by atomic mass is 32.2. The minimum absolute atomic E-state index is 0.0837. The molecule has 0 rings (SSSR count). The summed E-state index contributed by atoms with van der Waals surface area (Å²) in [6.07, 6.45) is 0. The Balaban J connectivity index is 4.07. The van der Waals surface area contributed by atoms with E-state index in [2.05, 4.69) is 0 Å². The second-order valence-electron chi connectivity index (χ2n) is 2.08. The predicted octanol–water partition coefficient (Wildman–Crippen LogP) is 1.84. The zero-order valence-electron chi connectivity index (χ0n) is 7.78. The molecule has 3 N–H and O–H groups in total. The number of thioether (sulfide) groups is 1. The summed E-state index contributed by atoms with van der Waals surface area (Å²) in [6.45, 7) is 4.14. The van der Waals surface area contributed by atoms with Gasteiger partial charge in [0.2, 0.25) is 0 Å². The van der Waals surface area contributed by atoms with Crippen molar-refractivity contribution < 1.29 is 13.6 Å². The molecule has 0 aromatic carbocycles. The first-order valence-corrected chi connectivity index (χ1v) is 6.60. The molecule has 0 heterocycles.